The van der Waals surface area contributed by atoms with Crippen molar-refractivity contribution in [2.24, 2.45) is 11.7 Å². The van der Waals surface area contributed by atoms with Crippen molar-refractivity contribution in [2.45, 2.75) is 25.8 Å². The van der Waals surface area contributed by atoms with E-state index in [0.29, 0.717) is 12.0 Å². The summed E-state index contributed by atoms with van der Waals surface area (Å²) in [6.45, 7) is 4.15. The number of hydrogen-bond acceptors (Lipinski definition) is 3. The van der Waals surface area contributed by atoms with Gasteiger partial charge < -0.3 is 10.6 Å². The van der Waals surface area contributed by atoms with E-state index in [1.165, 1.54) is 23.9 Å². The predicted octanol–water partition coefficient (Wildman–Crippen LogP) is 2.80. The van der Waals surface area contributed by atoms with Crippen molar-refractivity contribution in [2.75, 3.05) is 18.0 Å². The first-order valence-electron chi connectivity index (χ1n) is 7.10. The van der Waals surface area contributed by atoms with Gasteiger partial charge in [0.1, 0.15) is 0 Å². The van der Waals surface area contributed by atoms with Gasteiger partial charge in [-0.05, 0) is 44.4 Å². The van der Waals surface area contributed by atoms with Crippen LogP contribution in [0.15, 0.2) is 36.5 Å². The van der Waals surface area contributed by atoms with Crippen molar-refractivity contribution < 1.29 is 0 Å². The summed E-state index contributed by atoms with van der Waals surface area (Å²) in [7, 11) is 0. The van der Waals surface area contributed by atoms with Gasteiger partial charge in [0, 0.05) is 29.9 Å². The van der Waals surface area contributed by atoms with Crippen LogP contribution in [0.1, 0.15) is 19.8 Å². The Morgan fingerprint density at radius 2 is 2.11 bits per heavy atom. The molecule has 0 radical (unpaired) electrons. The van der Waals surface area contributed by atoms with E-state index in [0.717, 1.165) is 18.6 Å². The van der Waals surface area contributed by atoms with Crippen LogP contribution >= 0.6 is 0 Å². The van der Waals surface area contributed by atoms with Gasteiger partial charge in [0.15, 0.2) is 0 Å². The zero-order valence-electron chi connectivity index (χ0n) is 11.4. The molecular formula is C16H21N3. The summed E-state index contributed by atoms with van der Waals surface area (Å²) in [5, 5.41) is 1.24. The first kappa shape index (κ1) is 12.4. The molecule has 0 aliphatic carbocycles. The summed E-state index contributed by atoms with van der Waals surface area (Å²) >= 11 is 0. The number of nitrogens with zero attached hydrogens (tertiary/aromatic N) is 2. The Morgan fingerprint density at radius 1 is 1.26 bits per heavy atom. The molecule has 0 spiro atoms. The molecule has 100 valence electrons. The first-order chi connectivity index (χ1) is 9.29. The minimum atomic E-state index is 0.577. The van der Waals surface area contributed by atoms with Gasteiger partial charge in [0.25, 0.3) is 0 Å². The summed E-state index contributed by atoms with van der Waals surface area (Å²) in [6.07, 6.45) is 4.38. The predicted molar refractivity (Wildman–Crippen MR) is 80.3 cm³/mol. The van der Waals surface area contributed by atoms with Crippen molar-refractivity contribution >= 4 is 16.6 Å². The lowest BCUT2D eigenvalue weighted by Gasteiger charge is -2.39. The number of rotatable bonds is 2. The maximum atomic E-state index is 5.86. The minimum absolute atomic E-state index is 0.577. The summed E-state index contributed by atoms with van der Waals surface area (Å²) < 4.78 is 0. The quantitative estimate of drug-likeness (QED) is 0.897. The Labute approximate surface area is 114 Å². The van der Waals surface area contributed by atoms with Crippen LogP contribution in [-0.2, 0) is 0 Å². The van der Waals surface area contributed by atoms with Crippen LogP contribution in [0, 0.1) is 5.92 Å². The molecule has 3 heteroatoms. The van der Waals surface area contributed by atoms with Gasteiger partial charge >= 0.3 is 0 Å². The fourth-order valence-electron chi connectivity index (χ4n) is 3.04. The third-order valence-corrected chi connectivity index (χ3v) is 4.25. The number of para-hydroxylation sites is 1. The van der Waals surface area contributed by atoms with Crippen LogP contribution in [0.5, 0.6) is 0 Å². The average molecular weight is 255 g/mol. The molecule has 2 heterocycles. The molecule has 1 saturated heterocycles. The number of hydrogen-bond donors (Lipinski definition) is 1. The van der Waals surface area contributed by atoms with Crippen LogP contribution in [-0.4, -0.2) is 24.1 Å². The maximum Gasteiger partial charge on any atom is 0.0722 e. The van der Waals surface area contributed by atoms with E-state index in [1.807, 2.05) is 12.3 Å². The second-order valence-corrected chi connectivity index (χ2v) is 5.53. The van der Waals surface area contributed by atoms with Gasteiger partial charge in [-0.3, -0.25) is 4.98 Å². The van der Waals surface area contributed by atoms with Crippen molar-refractivity contribution in [3.8, 4) is 0 Å². The van der Waals surface area contributed by atoms with E-state index in [2.05, 4.69) is 41.1 Å². The number of anilines is 1. The van der Waals surface area contributed by atoms with Crippen molar-refractivity contribution in [1.29, 1.82) is 0 Å². The van der Waals surface area contributed by atoms with Crippen LogP contribution in [0.4, 0.5) is 5.69 Å². The monoisotopic (exact) mass is 255 g/mol. The van der Waals surface area contributed by atoms with Gasteiger partial charge in [-0.25, -0.2) is 0 Å². The van der Waals surface area contributed by atoms with E-state index in [9.17, 15) is 0 Å². The van der Waals surface area contributed by atoms with Gasteiger partial charge in [-0.15, -0.1) is 0 Å². The topological polar surface area (TPSA) is 42.1 Å². The molecule has 2 N–H and O–H groups in total. The molecule has 19 heavy (non-hydrogen) atoms. The fourth-order valence-corrected chi connectivity index (χ4v) is 3.04. The molecule has 0 saturated carbocycles. The van der Waals surface area contributed by atoms with Crippen LogP contribution in [0.3, 0.4) is 0 Å². The largest absolute Gasteiger partial charge is 0.368 e. The molecule has 1 fully saturated rings. The first-order valence-corrected chi connectivity index (χ1v) is 7.10. The van der Waals surface area contributed by atoms with Crippen molar-refractivity contribution in [3.63, 3.8) is 0 Å². The lowest BCUT2D eigenvalue weighted by atomic mass is 9.92. The minimum Gasteiger partial charge on any atom is -0.368 e. The lowest BCUT2D eigenvalue weighted by Crippen LogP contribution is -2.44. The molecule has 3 nitrogen and oxygen atoms in total. The maximum absolute atomic E-state index is 5.86. The molecule has 0 amide bonds. The van der Waals surface area contributed by atoms with E-state index >= 15 is 0 Å². The smallest absolute Gasteiger partial charge is 0.0722 e. The molecule has 1 aromatic heterocycles. The highest BCUT2D eigenvalue weighted by Gasteiger charge is 2.25. The number of nitrogens with two attached hydrogens (primary N) is 1. The molecule has 1 aliphatic heterocycles. The van der Waals surface area contributed by atoms with E-state index < -0.39 is 0 Å². The third-order valence-electron chi connectivity index (χ3n) is 4.25. The Bertz CT molecular complexity index is 561. The summed E-state index contributed by atoms with van der Waals surface area (Å²) in [4.78, 5) is 6.95. The van der Waals surface area contributed by atoms with E-state index in [1.54, 1.807) is 0 Å². The Morgan fingerprint density at radius 3 is 2.95 bits per heavy atom. The number of piperidine rings is 1. The van der Waals surface area contributed by atoms with Gasteiger partial charge in [-0.2, -0.15) is 0 Å². The third kappa shape index (κ3) is 2.30. The fraction of sp³-hybridized carbons (Fsp3) is 0.438. The normalized spacial score (nSPS) is 23.8. The highest BCUT2D eigenvalue weighted by Crippen LogP contribution is 2.31. The zero-order chi connectivity index (χ0) is 13.2. The Hall–Kier alpha value is -1.61. The van der Waals surface area contributed by atoms with Crippen LogP contribution in [0.25, 0.3) is 10.9 Å². The highest BCUT2D eigenvalue weighted by atomic mass is 15.2. The van der Waals surface area contributed by atoms with Crippen molar-refractivity contribution in [1.82, 2.24) is 4.98 Å². The number of pyridine rings is 1. The standard InChI is InChI=1S/C16H21N3/c1-12-6-7-13(10-17)11-19(12)16-8-9-18-15-5-3-2-4-14(15)16/h2-5,8-9,12-13H,6-7,10-11,17H2,1H3. The summed E-state index contributed by atoms with van der Waals surface area (Å²) in [5.41, 5.74) is 8.24. The number of fused-ring (bicyclic) bond motifs is 1. The molecule has 2 aromatic rings. The number of benzene rings is 1. The Balaban J connectivity index is 2.02. The van der Waals surface area contributed by atoms with Crippen LogP contribution in [0.2, 0.25) is 0 Å². The molecule has 2 atom stereocenters. The molecule has 3 rings (SSSR count). The zero-order valence-corrected chi connectivity index (χ0v) is 11.4. The number of aromatic nitrogens is 1. The molecular weight excluding hydrogens is 234 g/mol. The molecule has 1 aromatic carbocycles. The van der Waals surface area contributed by atoms with E-state index in [-0.39, 0.29) is 0 Å². The molecule has 2 unspecified atom stereocenters. The second-order valence-electron chi connectivity index (χ2n) is 5.53. The Kier molecular flexibility index (Phi) is 3.38. The lowest BCUT2D eigenvalue weighted by molar-refractivity contribution is 0.374. The van der Waals surface area contributed by atoms with Crippen molar-refractivity contribution in [3.05, 3.63) is 36.5 Å². The van der Waals surface area contributed by atoms with Gasteiger partial charge in [-0.1, -0.05) is 18.2 Å². The molecule has 1 aliphatic rings. The summed E-state index contributed by atoms with van der Waals surface area (Å²) in [5.74, 6) is 0.614. The SMILES string of the molecule is CC1CCC(CN)CN1c1ccnc2ccccc12. The average Bonchev–Trinajstić information content (AvgIpc) is 2.47. The molecule has 0 bridgehead atoms. The van der Waals surface area contributed by atoms with Gasteiger partial charge in [0.05, 0.1) is 5.52 Å². The highest BCUT2D eigenvalue weighted by molar-refractivity contribution is 5.91. The van der Waals surface area contributed by atoms with E-state index in [4.69, 9.17) is 5.73 Å². The van der Waals surface area contributed by atoms with Gasteiger partial charge in [0.2, 0.25) is 0 Å². The summed E-state index contributed by atoms with van der Waals surface area (Å²) in [6, 6.07) is 11.1. The second kappa shape index (κ2) is 5.17. The van der Waals surface area contributed by atoms with Crippen LogP contribution < -0.4 is 10.6 Å².